The molecule has 0 saturated carbocycles. The van der Waals surface area contributed by atoms with Crippen LogP contribution in [0.15, 0.2) is 54.9 Å². The Morgan fingerprint density at radius 1 is 1.25 bits per heavy atom. The number of hydrogen-bond acceptors (Lipinski definition) is 5. The van der Waals surface area contributed by atoms with Crippen LogP contribution in [-0.2, 0) is 11.2 Å². The van der Waals surface area contributed by atoms with Crippen LogP contribution < -0.4 is 15.0 Å². The lowest BCUT2D eigenvalue weighted by molar-refractivity contribution is -0.111. The molecule has 0 aliphatic carbocycles. The number of fused-ring (bicyclic) bond motifs is 2. The molecule has 28 heavy (non-hydrogen) atoms. The van der Waals surface area contributed by atoms with E-state index in [0.29, 0.717) is 11.4 Å². The van der Waals surface area contributed by atoms with Crippen LogP contribution in [0.2, 0.25) is 0 Å². The van der Waals surface area contributed by atoms with E-state index in [0.717, 1.165) is 36.1 Å². The molecule has 1 N–H and O–H groups in total. The van der Waals surface area contributed by atoms with Crippen LogP contribution >= 0.6 is 0 Å². The molecule has 0 saturated heterocycles. The highest BCUT2D eigenvalue weighted by atomic mass is 16.5. The molecule has 1 aliphatic heterocycles. The lowest BCUT2D eigenvalue weighted by Crippen LogP contribution is -2.25. The first kappa shape index (κ1) is 18.0. The van der Waals surface area contributed by atoms with Crippen LogP contribution in [-0.4, -0.2) is 29.5 Å². The molecule has 142 valence electrons. The Bertz CT molecular complexity index is 1060. The monoisotopic (exact) mass is 374 g/mol. The third-order valence-electron chi connectivity index (χ3n) is 4.88. The highest BCUT2D eigenvalue weighted by molar-refractivity contribution is 6.03. The molecular formula is C22H22N4O2. The average Bonchev–Trinajstić information content (AvgIpc) is 2.72. The lowest BCUT2D eigenvalue weighted by atomic mass is 10.0. The van der Waals surface area contributed by atoms with E-state index in [1.54, 1.807) is 26.4 Å². The standard InChI is InChI=1S/C22H22N4O2/c1-3-7-21(27)25-18-12-16-17(13-20(18)28-2)23-14-24-22(16)26-11-6-9-15-8-4-5-10-19(15)26/h3-5,7-8,10,12-14H,6,9,11H2,1-2H3,(H,25,27)/b7-3+. The Morgan fingerprint density at radius 2 is 2.11 bits per heavy atom. The Morgan fingerprint density at radius 3 is 2.93 bits per heavy atom. The fourth-order valence-electron chi connectivity index (χ4n) is 3.63. The van der Waals surface area contributed by atoms with Gasteiger partial charge in [0.15, 0.2) is 0 Å². The van der Waals surface area contributed by atoms with E-state index in [2.05, 4.69) is 38.4 Å². The van der Waals surface area contributed by atoms with Crippen molar-refractivity contribution < 1.29 is 9.53 Å². The van der Waals surface area contributed by atoms with Gasteiger partial charge in [-0.1, -0.05) is 24.3 Å². The number of aryl methyl sites for hydroxylation is 1. The number of benzene rings is 2. The summed E-state index contributed by atoms with van der Waals surface area (Å²) >= 11 is 0. The molecular weight excluding hydrogens is 352 g/mol. The van der Waals surface area contributed by atoms with Gasteiger partial charge in [0.1, 0.15) is 17.9 Å². The van der Waals surface area contributed by atoms with Gasteiger partial charge in [-0.25, -0.2) is 9.97 Å². The van der Waals surface area contributed by atoms with E-state index in [1.807, 2.05) is 18.2 Å². The Balaban J connectivity index is 1.85. The second-order valence-corrected chi connectivity index (χ2v) is 6.64. The van der Waals surface area contributed by atoms with Crippen LogP contribution in [0.5, 0.6) is 5.75 Å². The molecule has 0 atom stereocenters. The molecule has 6 heteroatoms. The number of amides is 1. The maximum Gasteiger partial charge on any atom is 0.248 e. The predicted molar refractivity (Wildman–Crippen MR) is 111 cm³/mol. The summed E-state index contributed by atoms with van der Waals surface area (Å²) in [5.41, 5.74) is 3.85. The van der Waals surface area contributed by atoms with Crippen molar-refractivity contribution in [2.24, 2.45) is 0 Å². The molecule has 0 spiro atoms. The number of anilines is 3. The van der Waals surface area contributed by atoms with E-state index in [1.165, 1.54) is 17.3 Å². The summed E-state index contributed by atoms with van der Waals surface area (Å²) < 4.78 is 5.46. The number of nitrogens with zero attached hydrogens (tertiary/aromatic N) is 3. The van der Waals surface area contributed by atoms with E-state index < -0.39 is 0 Å². The third-order valence-corrected chi connectivity index (χ3v) is 4.88. The number of ether oxygens (including phenoxy) is 1. The number of carbonyl (C=O) groups excluding carboxylic acids is 1. The van der Waals surface area contributed by atoms with Crippen molar-refractivity contribution in [1.82, 2.24) is 9.97 Å². The molecule has 1 amide bonds. The number of aromatic nitrogens is 2. The zero-order valence-corrected chi connectivity index (χ0v) is 16.0. The summed E-state index contributed by atoms with van der Waals surface area (Å²) in [4.78, 5) is 23.3. The van der Waals surface area contributed by atoms with Gasteiger partial charge in [0.2, 0.25) is 5.91 Å². The first-order valence-electron chi connectivity index (χ1n) is 9.33. The molecule has 2 aromatic carbocycles. The van der Waals surface area contributed by atoms with Gasteiger partial charge >= 0.3 is 0 Å². The molecule has 4 rings (SSSR count). The number of methoxy groups -OCH3 is 1. The van der Waals surface area contributed by atoms with Crippen molar-refractivity contribution in [2.75, 3.05) is 23.9 Å². The molecule has 6 nitrogen and oxygen atoms in total. The zero-order chi connectivity index (χ0) is 19.5. The van der Waals surface area contributed by atoms with Gasteiger partial charge in [-0.05, 0) is 43.5 Å². The largest absolute Gasteiger partial charge is 0.494 e. The summed E-state index contributed by atoms with van der Waals surface area (Å²) in [6.07, 6.45) is 6.87. The van der Waals surface area contributed by atoms with Gasteiger partial charge in [-0.15, -0.1) is 0 Å². The fraction of sp³-hybridized carbons (Fsp3) is 0.227. The number of nitrogens with one attached hydrogen (secondary N) is 1. The van der Waals surface area contributed by atoms with E-state index in [4.69, 9.17) is 4.74 Å². The van der Waals surface area contributed by atoms with Gasteiger partial charge in [0, 0.05) is 23.7 Å². The minimum Gasteiger partial charge on any atom is -0.494 e. The van der Waals surface area contributed by atoms with Crippen molar-refractivity contribution in [3.63, 3.8) is 0 Å². The molecule has 1 aromatic heterocycles. The number of carbonyl (C=O) groups is 1. The molecule has 3 aromatic rings. The molecule has 2 heterocycles. The first-order valence-corrected chi connectivity index (χ1v) is 9.33. The zero-order valence-electron chi connectivity index (χ0n) is 16.0. The summed E-state index contributed by atoms with van der Waals surface area (Å²) in [5.74, 6) is 1.19. The molecule has 1 aliphatic rings. The molecule has 0 fully saturated rings. The van der Waals surface area contributed by atoms with Crippen molar-refractivity contribution >= 4 is 34.0 Å². The average molecular weight is 374 g/mol. The third kappa shape index (κ3) is 3.29. The smallest absolute Gasteiger partial charge is 0.248 e. The highest BCUT2D eigenvalue weighted by Crippen LogP contribution is 2.38. The molecule has 0 radical (unpaired) electrons. The number of allylic oxidation sites excluding steroid dienone is 1. The van der Waals surface area contributed by atoms with E-state index in [9.17, 15) is 4.79 Å². The van der Waals surface area contributed by atoms with E-state index >= 15 is 0 Å². The quantitative estimate of drug-likeness (QED) is 0.692. The predicted octanol–water partition coefficient (Wildman–Crippen LogP) is 4.24. The fourth-order valence-corrected chi connectivity index (χ4v) is 3.63. The van der Waals surface area contributed by atoms with Crippen LogP contribution in [0.25, 0.3) is 10.9 Å². The van der Waals surface area contributed by atoms with Crippen molar-refractivity contribution in [3.05, 3.63) is 60.4 Å². The second kappa shape index (κ2) is 7.68. The highest BCUT2D eigenvalue weighted by Gasteiger charge is 2.22. The maximum absolute atomic E-state index is 12.1. The SMILES string of the molecule is C/C=C/C(=O)Nc1cc2c(N3CCCc4ccccc43)ncnc2cc1OC. The van der Waals surface area contributed by atoms with Gasteiger partial charge in [-0.3, -0.25) is 4.79 Å². The number of hydrogen-bond donors (Lipinski definition) is 1. The van der Waals surface area contributed by atoms with Crippen molar-refractivity contribution in [2.45, 2.75) is 19.8 Å². The Kier molecular flexibility index (Phi) is 4.93. The second-order valence-electron chi connectivity index (χ2n) is 6.64. The maximum atomic E-state index is 12.1. The van der Waals surface area contributed by atoms with Crippen molar-refractivity contribution in [3.8, 4) is 5.75 Å². The molecule has 0 unspecified atom stereocenters. The first-order chi connectivity index (χ1) is 13.7. The number of rotatable bonds is 4. The van der Waals surface area contributed by atoms with Crippen LogP contribution in [0.1, 0.15) is 18.9 Å². The lowest BCUT2D eigenvalue weighted by Gasteiger charge is -2.31. The minimum absolute atomic E-state index is 0.207. The van der Waals surface area contributed by atoms with Gasteiger partial charge in [0.05, 0.1) is 18.3 Å². The Hall–Kier alpha value is -3.41. The van der Waals surface area contributed by atoms with E-state index in [-0.39, 0.29) is 5.91 Å². The van der Waals surface area contributed by atoms with Crippen molar-refractivity contribution in [1.29, 1.82) is 0 Å². The molecule has 0 bridgehead atoms. The summed E-state index contributed by atoms with van der Waals surface area (Å²) in [5, 5.41) is 3.75. The summed E-state index contributed by atoms with van der Waals surface area (Å²) in [6.45, 7) is 2.69. The topological polar surface area (TPSA) is 67.4 Å². The normalized spacial score (nSPS) is 13.6. The minimum atomic E-state index is -0.207. The van der Waals surface area contributed by atoms with Gasteiger partial charge < -0.3 is 15.0 Å². The van der Waals surface area contributed by atoms with Crippen LogP contribution in [0.4, 0.5) is 17.2 Å². The van der Waals surface area contributed by atoms with Gasteiger partial charge in [0.25, 0.3) is 0 Å². The summed E-state index contributed by atoms with van der Waals surface area (Å²) in [7, 11) is 1.58. The summed E-state index contributed by atoms with van der Waals surface area (Å²) in [6, 6.07) is 12.1. The Labute approximate surface area is 163 Å². The number of para-hydroxylation sites is 1. The van der Waals surface area contributed by atoms with Crippen LogP contribution in [0.3, 0.4) is 0 Å². The van der Waals surface area contributed by atoms with Gasteiger partial charge in [-0.2, -0.15) is 0 Å². The van der Waals surface area contributed by atoms with Crippen LogP contribution in [0, 0.1) is 0 Å².